The Labute approximate surface area is 141 Å². The van der Waals surface area contributed by atoms with Crippen LogP contribution in [-0.2, 0) is 0 Å². The summed E-state index contributed by atoms with van der Waals surface area (Å²) in [6.45, 7) is 0. The van der Waals surface area contributed by atoms with E-state index in [0.717, 1.165) is 12.8 Å². The second kappa shape index (κ2) is 6.32. The van der Waals surface area contributed by atoms with Crippen LogP contribution in [0.4, 0.5) is 0 Å². The molecule has 1 aromatic carbocycles. The summed E-state index contributed by atoms with van der Waals surface area (Å²) in [5.74, 6) is 1.27. The minimum Gasteiger partial charge on any atom is -0.426 e. The summed E-state index contributed by atoms with van der Waals surface area (Å²) in [5.41, 5.74) is 0. The van der Waals surface area contributed by atoms with Crippen molar-refractivity contribution in [3.05, 3.63) is 48.2 Å². The third kappa shape index (κ3) is 3.04. The van der Waals surface area contributed by atoms with Crippen molar-refractivity contribution in [1.82, 2.24) is 10.2 Å². The second-order valence-electron chi connectivity index (χ2n) is 6.71. The van der Waals surface area contributed by atoms with E-state index in [-0.39, 0.29) is 11.9 Å². The Morgan fingerprint density at radius 2 is 1.83 bits per heavy atom. The standard InChI is InChI=1S/C19H22N2O3/c1-21(15-11-13-7-8-14(12-15)20-13)19(22)17-9-10-18(24-17)23-16-5-3-2-4-6-16/h2-6,9-10,13-15,20H,7-8,11-12H2,1H3. The van der Waals surface area contributed by atoms with Crippen LogP contribution >= 0.6 is 0 Å². The van der Waals surface area contributed by atoms with Gasteiger partial charge in [0.15, 0.2) is 5.76 Å². The summed E-state index contributed by atoms with van der Waals surface area (Å²) in [4.78, 5) is 14.5. The topological polar surface area (TPSA) is 54.7 Å². The molecule has 1 N–H and O–H groups in total. The van der Waals surface area contributed by atoms with Crippen LogP contribution in [0.15, 0.2) is 46.9 Å². The lowest BCUT2D eigenvalue weighted by molar-refractivity contribution is 0.0645. The first-order valence-electron chi connectivity index (χ1n) is 8.55. The van der Waals surface area contributed by atoms with Gasteiger partial charge in [-0.2, -0.15) is 0 Å². The minimum atomic E-state index is -0.0794. The third-order valence-corrected chi connectivity index (χ3v) is 5.07. The fourth-order valence-electron chi connectivity index (χ4n) is 3.78. The van der Waals surface area contributed by atoms with Gasteiger partial charge in [-0.15, -0.1) is 0 Å². The van der Waals surface area contributed by atoms with Gasteiger partial charge in [0.1, 0.15) is 5.75 Å². The van der Waals surface area contributed by atoms with E-state index >= 15 is 0 Å². The highest BCUT2D eigenvalue weighted by Gasteiger charge is 2.37. The van der Waals surface area contributed by atoms with Gasteiger partial charge in [0.05, 0.1) is 0 Å². The number of piperidine rings is 1. The number of carbonyl (C=O) groups excluding carboxylic acids is 1. The van der Waals surface area contributed by atoms with Crippen LogP contribution in [0.5, 0.6) is 11.7 Å². The number of furan rings is 1. The molecular weight excluding hydrogens is 304 g/mol. The van der Waals surface area contributed by atoms with E-state index in [1.54, 1.807) is 12.1 Å². The Kier molecular flexibility index (Phi) is 4.02. The number of benzene rings is 1. The predicted molar refractivity (Wildman–Crippen MR) is 90.3 cm³/mol. The Bertz CT molecular complexity index is 700. The Morgan fingerprint density at radius 1 is 1.12 bits per heavy atom. The van der Waals surface area contributed by atoms with Gasteiger partial charge in [-0.1, -0.05) is 18.2 Å². The number of nitrogens with zero attached hydrogens (tertiary/aromatic N) is 1. The van der Waals surface area contributed by atoms with Crippen molar-refractivity contribution >= 4 is 5.91 Å². The van der Waals surface area contributed by atoms with E-state index in [1.807, 2.05) is 42.3 Å². The van der Waals surface area contributed by atoms with E-state index in [2.05, 4.69) is 5.32 Å². The lowest BCUT2D eigenvalue weighted by Gasteiger charge is -2.35. The average molecular weight is 326 g/mol. The van der Waals surface area contributed by atoms with E-state index in [4.69, 9.17) is 9.15 Å². The first-order valence-corrected chi connectivity index (χ1v) is 8.55. The summed E-state index contributed by atoms with van der Waals surface area (Å²) in [6, 6.07) is 14.2. The minimum absolute atomic E-state index is 0.0794. The number of rotatable bonds is 4. The van der Waals surface area contributed by atoms with Crippen molar-refractivity contribution in [2.24, 2.45) is 0 Å². The third-order valence-electron chi connectivity index (χ3n) is 5.07. The molecule has 2 unspecified atom stereocenters. The predicted octanol–water partition coefficient (Wildman–Crippen LogP) is 3.43. The quantitative estimate of drug-likeness (QED) is 0.935. The molecular formula is C19H22N2O3. The molecule has 2 aliphatic rings. The first-order chi connectivity index (χ1) is 11.7. The number of ether oxygens (including phenoxy) is 1. The van der Waals surface area contributed by atoms with E-state index in [9.17, 15) is 4.79 Å². The van der Waals surface area contributed by atoms with Gasteiger partial charge in [0.25, 0.3) is 11.9 Å². The van der Waals surface area contributed by atoms with Crippen LogP contribution in [0.3, 0.4) is 0 Å². The number of nitrogens with one attached hydrogen (secondary N) is 1. The maximum Gasteiger partial charge on any atom is 0.290 e. The maximum absolute atomic E-state index is 12.7. The van der Waals surface area contributed by atoms with Gasteiger partial charge >= 0.3 is 0 Å². The van der Waals surface area contributed by atoms with Crippen molar-refractivity contribution in [3.8, 4) is 11.7 Å². The molecule has 0 radical (unpaired) electrons. The summed E-state index contributed by atoms with van der Waals surface area (Å²) in [6.07, 6.45) is 4.48. The maximum atomic E-state index is 12.7. The molecule has 3 heterocycles. The van der Waals surface area contributed by atoms with Crippen molar-refractivity contribution in [2.75, 3.05) is 7.05 Å². The number of amides is 1. The molecule has 4 rings (SSSR count). The second-order valence-corrected chi connectivity index (χ2v) is 6.71. The number of fused-ring (bicyclic) bond motifs is 2. The van der Waals surface area contributed by atoms with Crippen LogP contribution in [-0.4, -0.2) is 36.0 Å². The molecule has 2 fully saturated rings. The van der Waals surface area contributed by atoms with Gasteiger partial charge in [0.2, 0.25) is 0 Å². The smallest absolute Gasteiger partial charge is 0.290 e. The van der Waals surface area contributed by atoms with Gasteiger partial charge < -0.3 is 19.4 Å². The molecule has 0 aliphatic carbocycles. The normalized spacial score (nSPS) is 25.5. The molecule has 2 bridgehead atoms. The van der Waals surface area contributed by atoms with Crippen LogP contribution in [0, 0.1) is 0 Å². The first kappa shape index (κ1) is 15.3. The molecule has 24 heavy (non-hydrogen) atoms. The zero-order valence-electron chi connectivity index (χ0n) is 13.8. The highest BCUT2D eigenvalue weighted by atomic mass is 16.6. The van der Waals surface area contributed by atoms with Crippen molar-refractivity contribution in [1.29, 1.82) is 0 Å². The molecule has 2 aromatic rings. The lowest BCUT2D eigenvalue weighted by atomic mass is 9.98. The fraction of sp³-hybridized carbons (Fsp3) is 0.421. The van der Waals surface area contributed by atoms with E-state index in [0.29, 0.717) is 29.5 Å². The monoisotopic (exact) mass is 326 g/mol. The summed E-state index contributed by atoms with van der Waals surface area (Å²) >= 11 is 0. The van der Waals surface area contributed by atoms with Gasteiger partial charge in [0, 0.05) is 31.2 Å². The molecule has 2 saturated heterocycles. The van der Waals surface area contributed by atoms with Gasteiger partial charge in [-0.25, -0.2) is 0 Å². The van der Waals surface area contributed by atoms with Crippen molar-refractivity contribution < 1.29 is 13.9 Å². The van der Waals surface area contributed by atoms with Crippen molar-refractivity contribution in [2.45, 2.75) is 43.8 Å². The fourth-order valence-corrected chi connectivity index (χ4v) is 3.78. The van der Waals surface area contributed by atoms with E-state index in [1.165, 1.54) is 12.8 Å². The largest absolute Gasteiger partial charge is 0.426 e. The van der Waals surface area contributed by atoms with Crippen LogP contribution in [0.1, 0.15) is 36.2 Å². The zero-order chi connectivity index (χ0) is 16.5. The van der Waals surface area contributed by atoms with Gasteiger partial charge in [-0.05, 0) is 43.9 Å². The molecule has 0 saturated carbocycles. The average Bonchev–Trinajstić information content (AvgIpc) is 3.20. The zero-order valence-corrected chi connectivity index (χ0v) is 13.8. The number of carbonyl (C=O) groups is 1. The van der Waals surface area contributed by atoms with Crippen LogP contribution in [0.2, 0.25) is 0 Å². The lowest BCUT2D eigenvalue weighted by Crippen LogP contribution is -2.48. The molecule has 1 amide bonds. The molecule has 5 heteroatoms. The number of para-hydroxylation sites is 1. The van der Waals surface area contributed by atoms with E-state index < -0.39 is 0 Å². The Balaban J connectivity index is 1.43. The van der Waals surface area contributed by atoms with Crippen LogP contribution in [0.25, 0.3) is 0 Å². The molecule has 1 aromatic heterocycles. The number of hydrogen-bond acceptors (Lipinski definition) is 4. The van der Waals surface area contributed by atoms with Crippen molar-refractivity contribution in [3.63, 3.8) is 0 Å². The molecule has 126 valence electrons. The van der Waals surface area contributed by atoms with Gasteiger partial charge in [-0.3, -0.25) is 4.79 Å². The molecule has 2 atom stereocenters. The SMILES string of the molecule is CN(C(=O)c1ccc(Oc2ccccc2)o1)C1CC2CCC(C1)N2. The molecule has 0 spiro atoms. The Morgan fingerprint density at radius 3 is 2.54 bits per heavy atom. The summed E-state index contributed by atoms with van der Waals surface area (Å²) in [5, 5.41) is 3.60. The number of hydrogen-bond donors (Lipinski definition) is 1. The highest BCUT2D eigenvalue weighted by Crippen LogP contribution is 2.30. The Hall–Kier alpha value is -2.27. The molecule has 2 aliphatic heterocycles. The summed E-state index contributed by atoms with van der Waals surface area (Å²) < 4.78 is 11.2. The van der Waals surface area contributed by atoms with Crippen LogP contribution < -0.4 is 10.1 Å². The summed E-state index contributed by atoms with van der Waals surface area (Å²) in [7, 11) is 1.87. The molecule has 5 nitrogen and oxygen atoms in total. The highest BCUT2D eigenvalue weighted by molar-refractivity contribution is 5.91.